The summed E-state index contributed by atoms with van der Waals surface area (Å²) in [7, 11) is 0. The second-order valence-corrected chi connectivity index (χ2v) is 8.17. The molecule has 0 spiro atoms. The lowest BCUT2D eigenvalue weighted by Crippen LogP contribution is -2.23. The van der Waals surface area contributed by atoms with Gasteiger partial charge in [0.15, 0.2) is 5.78 Å². The van der Waals surface area contributed by atoms with Crippen LogP contribution in [-0.4, -0.2) is 30.6 Å². The third-order valence-electron chi connectivity index (χ3n) is 4.29. The van der Waals surface area contributed by atoms with E-state index in [0.717, 1.165) is 5.75 Å². The van der Waals surface area contributed by atoms with Gasteiger partial charge in [-0.2, -0.15) is 0 Å². The van der Waals surface area contributed by atoms with Gasteiger partial charge in [-0.15, -0.1) is 0 Å². The third-order valence-corrected chi connectivity index (χ3v) is 4.29. The first-order chi connectivity index (χ1) is 15.2. The molecule has 2 rings (SSSR count). The van der Waals surface area contributed by atoms with E-state index in [0.29, 0.717) is 54.9 Å². The maximum absolute atomic E-state index is 12.9. The van der Waals surface area contributed by atoms with Crippen molar-refractivity contribution < 1.29 is 23.8 Å². The summed E-state index contributed by atoms with van der Waals surface area (Å²) in [5.41, 5.74) is 1.29. The van der Waals surface area contributed by atoms with Crippen LogP contribution in [0.5, 0.6) is 11.5 Å². The van der Waals surface area contributed by atoms with Crippen molar-refractivity contribution in [3.05, 3.63) is 59.2 Å². The first-order valence-electron chi connectivity index (χ1n) is 11.0. The Hall–Kier alpha value is -3.26. The molecule has 0 unspecified atom stereocenters. The smallest absolute Gasteiger partial charge is 0.306 e. The first kappa shape index (κ1) is 25.0. The molecule has 0 amide bonds. The average molecular weight is 437 g/mol. The number of esters is 1. The predicted molar refractivity (Wildman–Crippen MR) is 125 cm³/mol. The van der Waals surface area contributed by atoms with Gasteiger partial charge in [-0.25, -0.2) is 0 Å². The van der Waals surface area contributed by atoms with Crippen LogP contribution in [0.15, 0.2) is 42.5 Å². The fourth-order valence-electron chi connectivity index (χ4n) is 2.96. The topological polar surface area (TPSA) is 61.8 Å². The number of carbonyl (C=O) groups excluding carboxylic acids is 2. The molecule has 0 atom stereocenters. The van der Waals surface area contributed by atoms with Crippen molar-refractivity contribution in [1.82, 2.24) is 0 Å². The second-order valence-electron chi connectivity index (χ2n) is 8.17. The molecular weight excluding hydrogens is 404 g/mol. The number of rotatable bonds is 9. The van der Waals surface area contributed by atoms with Gasteiger partial charge in [0, 0.05) is 24.0 Å². The average Bonchev–Trinajstić information content (AvgIpc) is 2.73. The molecule has 0 saturated heterocycles. The van der Waals surface area contributed by atoms with Gasteiger partial charge >= 0.3 is 5.97 Å². The maximum atomic E-state index is 12.9. The molecule has 0 N–H and O–H groups in total. The van der Waals surface area contributed by atoms with Gasteiger partial charge in [0.1, 0.15) is 17.1 Å². The van der Waals surface area contributed by atoms with Crippen molar-refractivity contribution in [2.45, 2.75) is 59.5 Å². The minimum absolute atomic E-state index is 0.0935. The van der Waals surface area contributed by atoms with Gasteiger partial charge < -0.3 is 14.2 Å². The Morgan fingerprint density at radius 1 is 0.906 bits per heavy atom. The van der Waals surface area contributed by atoms with Gasteiger partial charge in [0.25, 0.3) is 0 Å². The molecule has 0 aliphatic heterocycles. The van der Waals surface area contributed by atoms with E-state index in [9.17, 15) is 9.59 Å². The highest BCUT2D eigenvalue weighted by molar-refractivity contribution is 6.09. The number of hydrogen-bond acceptors (Lipinski definition) is 5. The monoisotopic (exact) mass is 436 g/mol. The normalized spacial score (nSPS) is 10.7. The molecule has 0 bridgehead atoms. The Morgan fingerprint density at radius 3 is 2.19 bits per heavy atom. The maximum Gasteiger partial charge on any atom is 0.306 e. The van der Waals surface area contributed by atoms with Gasteiger partial charge in [0.05, 0.1) is 18.8 Å². The molecule has 5 nitrogen and oxygen atoms in total. The molecule has 2 aromatic carbocycles. The highest BCUT2D eigenvalue weighted by Crippen LogP contribution is 2.22. The van der Waals surface area contributed by atoms with Crippen LogP contribution in [0, 0.1) is 11.8 Å². The lowest BCUT2D eigenvalue weighted by Gasteiger charge is -2.19. The molecule has 0 radical (unpaired) electrons. The van der Waals surface area contributed by atoms with Crippen molar-refractivity contribution in [1.29, 1.82) is 0 Å². The minimum atomic E-state index is -0.481. The van der Waals surface area contributed by atoms with Gasteiger partial charge in [-0.3, -0.25) is 9.59 Å². The van der Waals surface area contributed by atoms with E-state index in [4.69, 9.17) is 14.2 Å². The fraction of sp³-hybridized carbons (Fsp3) is 0.407. The fourth-order valence-corrected chi connectivity index (χ4v) is 2.96. The van der Waals surface area contributed by atoms with E-state index >= 15 is 0 Å². The van der Waals surface area contributed by atoms with Gasteiger partial charge in [0.2, 0.25) is 0 Å². The van der Waals surface area contributed by atoms with E-state index < -0.39 is 5.60 Å². The standard InChI is InChI=1S/C27H32O5/c1-6-30-23-16-13-20(14-17-23)26(29)22-15-18-24(31-7-2)21(19-22)11-9-8-10-12-25(28)32-27(3,4)5/h13-19H,6-8,10,12H2,1-5H3. The van der Waals surface area contributed by atoms with E-state index in [1.165, 1.54) is 0 Å². The molecule has 5 heteroatoms. The van der Waals surface area contributed by atoms with Crippen LogP contribution in [0.3, 0.4) is 0 Å². The van der Waals surface area contributed by atoms with Crippen molar-refractivity contribution in [3.8, 4) is 23.3 Å². The Morgan fingerprint density at radius 2 is 1.56 bits per heavy atom. The summed E-state index contributed by atoms with van der Waals surface area (Å²) in [6.45, 7) is 10.4. The number of ether oxygens (including phenoxy) is 3. The molecule has 0 fully saturated rings. The van der Waals surface area contributed by atoms with E-state index in [-0.39, 0.29) is 11.8 Å². The van der Waals surface area contributed by atoms with E-state index in [2.05, 4.69) is 11.8 Å². The first-order valence-corrected chi connectivity index (χ1v) is 11.0. The Kier molecular flexibility index (Phi) is 9.34. The van der Waals surface area contributed by atoms with Crippen LogP contribution in [-0.2, 0) is 9.53 Å². The zero-order chi connectivity index (χ0) is 23.6. The summed E-state index contributed by atoms with van der Waals surface area (Å²) in [5.74, 6) is 7.22. The largest absolute Gasteiger partial charge is 0.494 e. The van der Waals surface area contributed by atoms with Gasteiger partial charge in [-0.1, -0.05) is 11.8 Å². The third kappa shape index (κ3) is 8.11. The molecular formula is C27H32O5. The van der Waals surface area contributed by atoms with Crippen molar-refractivity contribution >= 4 is 11.8 Å². The summed E-state index contributed by atoms with van der Waals surface area (Å²) >= 11 is 0. The highest BCUT2D eigenvalue weighted by Gasteiger charge is 2.15. The number of unbranched alkanes of at least 4 members (excludes halogenated alkanes) is 1. The highest BCUT2D eigenvalue weighted by atomic mass is 16.6. The Bertz CT molecular complexity index is 972. The Labute approximate surface area is 191 Å². The van der Waals surface area contributed by atoms with Gasteiger partial charge in [-0.05, 0) is 83.5 Å². The quantitative estimate of drug-likeness (QED) is 0.222. The van der Waals surface area contributed by atoms with Crippen molar-refractivity contribution in [2.75, 3.05) is 13.2 Å². The van der Waals surface area contributed by atoms with Crippen molar-refractivity contribution in [3.63, 3.8) is 0 Å². The summed E-state index contributed by atoms with van der Waals surface area (Å²) in [6, 6.07) is 12.4. The number of benzene rings is 2. The summed E-state index contributed by atoms with van der Waals surface area (Å²) in [5, 5.41) is 0. The predicted octanol–water partition coefficient (Wildman–Crippen LogP) is 5.58. The van der Waals surface area contributed by atoms with Crippen molar-refractivity contribution in [2.24, 2.45) is 0 Å². The minimum Gasteiger partial charge on any atom is -0.494 e. The van der Waals surface area contributed by atoms with Crippen LogP contribution in [0.25, 0.3) is 0 Å². The number of carbonyl (C=O) groups is 2. The van der Waals surface area contributed by atoms with Crippen LogP contribution in [0.2, 0.25) is 0 Å². The number of ketones is 1. The zero-order valence-electron chi connectivity index (χ0n) is 19.6. The molecule has 0 aliphatic rings. The van der Waals surface area contributed by atoms with Crippen LogP contribution in [0.4, 0.5) is 0 Å². The van der Waals surface area contributed by atoms with E-state index in [1.54, 1.807) is 42.5 Å². The SMILES string of the molecule is CCOc1ccc(C(=O)c2ccc(OCC)c(C#CCCCC(=O)OC(C)(C)C)c2)cc1. The molecule has 2 aromatic rings. The Balaban J connectivity index is 2.10. The molecule has 0 aromatic heterocycles. The summed E-state index contributed by atoms with van der Waals surface area (Å²) < 4.78 is 16.4. The lowest BCUT2D eigenvalue weighted by atomic mass is 10.0. The van der Waals surface area contributed by atoms with E-state index in [1.807, 2.05) is 34.6 Å². The molecule has 32 heavy (non-hydrogen) atoms. The number of hydrogen-bond donors (Lipinski definition) is 0. The van der Waals surface area contributed by atoms with Crippen LogP contribution in [0.1, 0.15) is 75.4 Å². The molecule has 170 valence electrons. The summed E-state index contributed by atoms with van der Waals surface area (Å²) in [6.07, 6.45) is 1.47. The second kappa shape index (κ2) is 12.0. The molecule has 0 heterocycles. The lowest BCUT2D eigenvalue weighted by molar-refractivity contribution is -0.154. The van der Waals surface area contributed by atoms with Crippen LogP contribution >= 0.6 is 0 Å². The summed E-state index contributed by atoms with van der Waals surface area (Å²) in [4.78, 5) is 24.7. The van der Waals surface area contributed by atoms with Crippen LogP contribution < -0.4 is 9.47 Å². The molecule has 0 saturated carbocycles. The molecule has 0 aliphatic carbocycles. The zero-order valence-corrected chi connectivity index (χ0v) is 19.6.